The average Bonchev–Trinajstić information content (AvgIpc) is 1.62. The van der Waals surface area contributed by atoms with Crippen LogP contribution in [0, 0.1) is 20.8 Å². The molecule has 0 spiro atoms. The summed E-state index contributed by atoms with van der Waals surface area (Å²) in [5.74, 6) is 4.92. The zero-order valence-electron chi connectivity index (χ0n) is 58.3. The maximum Gasteiger partial charge on any atom is 0.248 e. The second kappa shape index (κ2) is 31.2. The van der Waals surface area contributed by atoms with E-state index in [1.165, 1.54) is 59.2 Å². The molecule has 8 heterocycles. The predicted molar refractivity (Wildman–Crippen MR) is 409 cm³/mol. The highest BCUT2D eigenvalue weighted by molar-refractivity contribution is 7.21. The summed E-state index contributed by atoms with van der Waals surface area (Å²) in [5, 5.41) is 31.7. The Kier molecular flexibility index (Phi) is 21.1. The fourth-order valence-corrected chi connectivity index (χ4v) is 12.9. The van der Waals surface area contributed by atoms with E-state index in [-0.39, 0.29) is 23.8 Å². The molecule has 0 saturated heterocycles. The highest BCUT2D eigenvalue weighted by Gasteiger charge is 2.22. The number of primary amides is 2. The van der Waals surface area contributed by atoms with E-state index in [9.17, 15) is 9.59 Å². The minimum atomic E-state index is -0.478. The van der Waals surface area contributed by atoms with Crippen molar-refractivity contribution in [2.24, 2.45) is 18.5 Å². The molecular weight excluding hydrogens is 1420 g/mol. The van der Waals surface area contributed by atoms with E-state index in [0.717, 1.165) is 42.0 Å². The normalized spacial score (nSPS) is 10.8. The molecule has 2 amide bonds. The molecule has 542 valence electrons. The lowest BCUT2D eigenvalue weighted by Crippen LogP contribution is -2.10. The van der Waals surface area contributed by atoms with Crippen LogP contribution in [0.5, 0.6) is 34.5 Å². The number of carbonyl (C=O) groups is 2. The lowest BCUT2D eigenvalue weighted by Gasteiger charge is -2.14. The Morgan fingerprint density at radius 2 is 0.849 bits per heavy atom. The van der Waals surface area contributed by atoms with Gasteiger partial charge in [0.2, 0.25) is 92.2 Å². The molecule has 106 heavy (non-hydrogen) atoms. The number of nitrogens with zero attached hydrogens (tertiary/aromatic N) is 17. The number of ether oxygens (including phenoxy) is 6. The van der Waals surface area contributed by atoms with E-state index in [1.54, 1.807) is 126 Å². The van der Waals surface area contributed by atoms with Gasteiger partial charge in [-0.25, -0.2) is 19.9 Å². The van der Waals surface area contributed by atoms with Crippen LogP contribution in [0.2, 0.25) is 0 Å². The molecule has 0 unspecified atom stereocenters. The van der Waals surface area contributed by atoms with Gasteiger partial charge >= 0.3 is 0 Å². The molecule has 0 fully saturated rings. The van der Waals surface area contributed by atoms with Gasteiger partial charge in [-0.3, -0.25) is 9.59 Å². The molecule has 15 rings (SSSR count). The van der Waals surface area contributed by atoms with Gasteiger partial charge in [0.1, 0.15) is 0 Å². The third kappa shape index (κ3) is 15.8. The van der Waals surface area contributed by atoms with Crippen molar-refractivity contribution in [3.05, 3.63) is 167 Å². The SMILES string of the molecule is COc1cc(Nc2nc(N)n(-c3nc4cc(C)c(C)cc4n3C)n2)cc(OC)c1OC.COc1cc(Nc2nc(N)n(-c3ncc(C)s3)n2)cc(OC)c1OC.NC(=O)c1ccc(Nc2nc(N)n(-c3nc4ccccc4s3)n2)cc1.NC(=O)c1ccc(Nc2nc(N)nn2-c2nc3ccccc3s2)cc1. The molecule has 0 atom stereocenters. The van der Waals surface area contributed by atoms with Gasteiger partial charge in [0.05, 0.1) is 74.1 Å². The fraction of sp³-hybridized carbons (Fsp3) is 0.147. The van der Waals surface area contributed by atoms with Crippen LogP contribution in [0.15, 0.2) is 140 Å². The van der Waals surface area contributed by atoms with Crippen LogP contribution >= 0.6 is 34.0 Å². The number of para-hydroxylation sites is 2. The maximum absolute atomic E-state index is 11.2. The number of hydrogen-bond donors (Lipinski definition) is 10. The van der Waals surface area contributed by atoms with Crippen molar-refractivity contribution in [1.29, 1.82) is 0 Å². The summed E-state index contributed by atoms with van der Waals surface area (Å²) in [6.07, 6.45) is 1.76. The van der Waals surface area contributed by atoms with Gasteiger partial charge in [-0.05, 0) is 117 Å². The standard InChI is InChI=1S/C21H25N7O3.2C16H13N7OS.C15H18N6O3S/c1-11-7-14-15(8-12(11)2)27(3)21(24-14)28-19(22)25-20(26-28)23-13-9-16(29-4)18(31-6)17(10-13)30-5;17-13(24)9-5-7-10(8-6-9)19-15-21-14(18)23(22-15)16-20-11-3-1-2-4-12(11)25-16;17-13(24)9-5-7-10(8-6-9)19-15-21-14(18)22-23(15)16-20-11-3-1-2-4-12(11)25-16;1-8-7-17-15(25-8)21-13(16)19-14(20-21)18-9-5-10(22-2)12(24-4)11(6-9)23-3/h7-10H,1-6H3,(H3,22,23,25,26);2*1-8H,(H2,17,24)(H3,18,19,21,22);5-7H,1-4H3,(H3,16,18,19,20). The molecule has 0 radical (unpaired) electrons. The second-order valence-corrected chi connectivity index (χ2v) is 25.8. The Hall–Kier alpha value is -13.9. The topological polar surface area (TPSA) is 473 Å². The number of fused-ring (bicyclic) bond motifs is 3. The highest BCUT2D eigenvalue weighted by atomic mass is 32.1. The molecule has 0 bridgehead atoms. The number of nitrogens with one attached hydrogen (secondary N) is 4. The molecule has 16 N–H and O–H groups in total. The van der Waals surface area contributed by atoms with Crippen molar-refractivity contribution >= 4 is 148 Å². The van der Waals surface area contributed by atoms with Gasteiger partial charge in [0, 0.05) is 76.3 Å². The average molecular weight is 1490 g/mol. The summed E-state index contributed by atoms with van der Waals surface area (Å²) in [7, 11) is 11.2. The van der Waals surface area contributed by atoms with Crippen LogP contribution in [0.1, 0.15) is 36.7 Å². The van der Waals surface area contributed by atoms with Crippen LogP contribution in [-0.2, 0) is 7.05 Å². The van der Waals surface area contributed by atoms with Crippen molar-refractivity contribution < 1.29 is 38.0 Å². The Bertz CT molecular complexity index is 5570. The summed E-state index contributed by atoms with van der Waals surface area (Å²) in [4.78, 5) is 58.3. The van der Waals surface area contributed by atoms with Crippen molar-refractivity contribution in [2.75, 3.05) is 86.9 Å². The fourth-order valence-electron chi connectivity index (χ4n) is 10.3. The number of imidazole rings is 1. The Morgan fingerprint density at radius 3 is 1.29 bits per heavy atom. The number of amides is 2. The van der Waals surface area contributed by atoms with Gasteiger partial charge in [0.25, 0.3) is 0 Å². The smallest absolute Gasteiger partial charge is 0.248 e. The maximum atomic E-state index is 11.2. The monoisotopic (exact) mass is 1490 g/mol. The molecule has 35 nitrogen and oxygen atoms in total. The molecule has 0 saturated carbocycles. The van der Waals surface area contributed by atoms with Gasteiger partial charge in [-0.2, -0.15) is 38.7 Å². The lowest BCUT2D eigenvalue weighted by atomic mass is 10.1. The molecule has 8 aromatic heterocycles. The number of carbonyl (C=O) groups excluding carboxylic acids is 2. The summed E-state index contributed by atoms with van der Waals surface area (Å²) < 4.78 is 42.2. The predicted octanol–water partition coefficient (Wildman–Crippen LogP) is 10.1. The van der Waals surface area contributed by atoms with Crippen LogP contribution in [0.4, 0.5) is 70.3 Å². The number of hydrogen-bond acceptors (Lipinski definition) is 31. The van der Waals surface area contributed by atoms with E-state index in [4.69, 9.17) is 67.8 Å². The molecule has 0 aliphatic rings. The molecular formula is C68H69N27O8S3. The highest BCUT2D eigenvalue weighted by Crippen LogP contribution is 2.42. The van der Waals surface area contributed by atoms with E-state index in [0.29, 0.717) is 108 Å². The van der Waals surface area contributed by atoms with E-state index >= 15 is 0 Å². The van der Waals surface area contributed by atoms with Crippen LogP contribution in [0.25, 0.3) is 52.8 Å². The Labute approximate surface area is 614 Å². The first-order chi connectivity index (χ1) is 51.1. The van der Waals surface area contributed by atoms with Crippen molar-refractivity contribution in [1.82, 2.24) is 83.6 Å². The molecule has 38 heteroatoms. The summed E-state index contributed by atoms with van der Waals surface area (Å²) in [6.45, 7) is 6.10. The van der Waals surface area contributed by atoms with Crippen molar-refractivity contribution in [2.45, 2.75) is 20.8 Å². The van der Waals surface area contributed by atoms with Crippen molar-refractivity contribution in [3.63, 3.8) is 0 Å². The molecule has 0 aliphatic carbocycles. The number of nitrogens with two attached hydrogens (primary N) is 6. The minimum Gasteiger partial charge on any atom is -0.493 e. The quantitative estimate of drug-likeness (QED) is 0.0339. The zero-order valence-corrected chi connectivity index (χ0v) is 60.8. The van der Waals surface area contributed by atoms with Gasteiger partial charge in [-0.1, -0.05) is 46.9 Å². The Balaban J connectivity index is 0.000000133. The summed E-state index contributed by atoms with van der Waals surface area (Å²) in [6, 6.07) is 40.2. The second-order valence-electron chi connectivity index (χ2n) is 22.6. The number of aryl methyl sites for hydroxylation is 4. The van der Waals surface area contributed by atoms with Gasteiger partial charge < -0.3 is 88.7 Å². The summed E-state index contributed by atoms with van der Waals surface area (Å²) >= 11 is 4.44. The van der Waals surface area contributed by atoms with Crippen LogP contribution < -0.4 is 84.1 Å². The first-order valence-corrected chi connectivity index (χ1v) is 34.0. The lowest BCUT2D eigenvalue weighted by molar-refractivity contribution is 0.0992. The minimum absolute atomic E-state index is 0.135. The van der Waals surface area contributed by atoms with E-state index in [2.05, 4.69) is 103 Å². The number of rotatable bonds is 20. The van der Waals surface area contributed by atoms with Crippen LogP contribution in [0.3, 0.4) is 0 Å². The molecule has 7 aromatic carbocycles. The first kappa shape index (κ1) is 71.9. The largest absolute Gasteiger partial charge is 0.493 e. The van der Waals surface area contributed by atoms with Gasteiger partial charge in [0.15, 0.2) is 23.0 Å². The number of nitrogen functional groups attached to an aromatic ring is 4. The number of methoxy groups -OCH3 is 6. The Morgan fingerprint density at radius 1 is 0.425 bits per heavy atom. The number of benzene rings is 7. The number of anilines is 12. The number of thiazole rings is 3. The zero-order chi connectivity index (χ0) is 75.0. The first-order valence-electron chi connectivity index (χ1n) is 31.6. The van der Waals surface area contributed by atoms with Crippen LogP contribution in [-0.4, -0.2) is 138 Å². The molecule has 15 aromatic rings. The number of aromatic nitrogens is 17. The summed E-state index contributed by atoms with van der Waals surface area (Å²) in [5.41, 5.74) is 43.9. The van der Waals surface area contributed by atoms with E-state index < -0.39 is 11.8 Å². The van der Waals surface area contributed by atoms with Gasteiger partial charge in [-0.15, -0.1) is 31.7 Å². The third-order valence-electron chi connectivity index (χ3n) is 15.6. The third-order valence-corrected chi connectivity index (χ3v) is 18.5. The molecule has 0 aliphatic heterocycles. The van der Waals surface area contributed by atoms with Crippen molar-refractivity contribution in [3.8, 4) is 55.8 Å². The van der Waals surface area contributed by atoms with E-state index in [1.807, 2.05) is 67.1 Å².